The van der Waals surface area contributed by atoms with Crippen molar-refractivity contribution in [3.05, 3.63) is 101 Å². The lowest BCUT2D eigenvalue weighted by atomic mass is 10.0. The highest BCUT2D eigenvalue weighted by Gasteiger charge is 2.33. The fourth-order valence-corrected chi connectivity index (χ4v) is 5.10. The van der Waals surface area contributed by atoms with Gasteiger partial charge >= 0.3 is 0 Å². The number of rotatable bonds is 11. The van der Waals surface area contributed by atoms with E-state index < -0.39 is 28.5 Å². The van der Waals surface area contributed by atoms with Crippen molar-refractivity contribution in [2.45, 2.75) is 45.8 Å². The number of hydrogen-bond donors (Lipinski definition) is 1. The third-order valence-electron chi connectivity index (χ3n) is 6.10. The fourth-order valence-electron chi connectivity index (χ4n) is 4.13. The lowest BCUT2D eigenvalue weighted by Crippen LogP contribution is -2.54. The third-order valence-corrected chi connectivity index (χ3v) is 7.49. The van der Waals surface area contributed by atoms with Crippen LogP contribution in [-0.4, -0.2) is 50.0 Å². The molecule has 0 radical (unpaired) electrons. The third kappa shape index (κ3) is 8.07. The number of amides is 2. The zero-order chi connectivity index (χ0) is 27.9. The number of halogens is 1. The van der Waals surface area contributed by atoms with Crippen molar-refractivity contribution in [2.75, 3.05) is 17.1 Å². The molecule has 1 atom stereocenters. The van der Waals surface area contributed by atoms with E-state index in [-0.39, 0.29) is 24.9 Å². The quantitative estimate of drug-likeness (QED) is 0.375. The van der Waals surface area contributed by atoms with Crippen molar-refractivity contribution >= 4 is 39.1 Å². The molecule has 0 saturated heterocycles. The fraction of sp³-hybridized carbons (Fsp3) is 0.310. The number of anilines is 1. The molecule has 3 rings (SSSR count). The predicted molar refractivity (Wildman–Crippen MR) is 153 cm³/mol. The molecule has 0 spiro atoms. The van der Waals surface area contributed by atoms with Gasteiger partial charge < -0.3 is 10.2 Å². The molecule has 0 heterocycles. The molecule has 9 heteroatoms. The summed E-state index contributed by atoms with van der Waals surface area (Å²) in [6.07, 6.45) is 1.32. The Bertz CT molecular complexity index is 1350. The summed E-state index contributed by atoms with van der Waals surface area (Å²) in [6, 6.07) is 22.3. The molecule has 0 aromatic heterocycles. The Hall–Kier alpha value is -3.36. The molecule has 202 valence electrons. The number of carbonyl (C=O) groups is 2. The summed E-state index contributed by atoms with van der Waals surface area (Å²) in [4.78, 5) is 29.0. The van der Waals surface area contributed by atoms with Crippen LogP contribution in [0.3, 0.4) is 0 Å². The average Bonchev–Trinajstić information content (AvgIpc) is 2.85. The zero-order valence-electron chi connectivity index (χ0n) is 22.1. The van der Waals surface area contributed by atoms with E-state index in [4.69, 9.17) is 11.6 Å². The monoisotopic (exact) mass is 555 g/mol. The van der Waals surface area contributed by atoms with Gasteiger partial charge in [-0.1, -0.05) is 66.2 Å². The molecule has 0 aliphatic rings. The van der Waals surface area contributed by atoms with Crippen molar-refractivity contribution in [1.29, 1.82) is 0 Å². The number of aryl methyl sites for hydroxylation is 1. The molecule has 0 saturated carbocycles. The first-order chi connectivity index (χ1) is 18.0. The summed E-state index contributed by atoms with van der Waals surface area (Å²) in [7, 11) is -3.82. The first kappa shape index (κ1) is 29.2. The van der Waals surface area contributed by atoms with E-state index in [1.165, 1.54) is 4.90 Å². The Labute approximate surface area is 230 Å². The van der Waals surface area contributed by atoms with Crippen LogP contribution in [0, 0.1) is 6.92 Å². The molecule has 1 N–H and O–H groups in total. The van der Waals surface area contributed by atoms with Gasteiger partial charge in [-0.25, -0.2) is 8.42 Å². The van der Waals surface area contributed by atoms with Gasteiger partial charge in [0.1, 0.15) is 12.6 Å². The molecule has 7 nitrogen and oxygen atoms in total. The number of sulfonamides is 1. The summed E-state index contributed by atoms with van der Waals surface area (Å²) in [5.74, 6) is -0.795. The van der Waals surface area contributed by atoms with Crippen molar-refractivity contribution in [1.82, 2.24) is 10.2 Å². The molecule has 0 bridgehead atoms. The highest BCUT2D eigenvalue weighted by molar-refractivity contribution is 7.92. The highest BCUT2D eigenvalue weighted by Crippen LogP contribution is 2.23. The molecular formula is C29H34ClN3O4S. The smallest absolute Gasteiger partial charge is 0.244 e. The second-order valence-corrected chi connectivity index (χ2v) is 11.9. The Balaban J connectivity index is 2.06. The summed E-state index contributed by atoms with van der Waals surface area (Å²) in [6.45, 7) is 5.34. The largest absolute Gasteiger partial charge is 0.352 e. The first-order valence-corrected chi connectivity index (χ1v) is 14.6. The lowest BCUT2D eigenvalue weighted by Gasteiger charge is -2.34. The molecule has 0 aliphatic heterocycles. The SMILES string of the molecule is Cc1ccccc1CN(C(=O)CN(c1ccc(Cl)cc1)S(C)(=O)=O)[C@@H](Cc1ccccc1)C(=O)NC(C)C. The van der Waals surface area contributed by atoms with Gasteiger partial charge in [0.2, 0.25) is 21.8 Å². The van der Waals surface area contributed by atoms with E-state index in [1.54, 1.807) is 24.3 Å². The standard InChI is InChI=1S/C29H34ClN3O4S/c1-21(2)31-29(35)27(18-23-11-6-5-7-12-23)32(19-24-13-9-8-10-22(24)3)28(34)20-33(38(4,36)37)26-16-14-25(30)15-17-26/h5-17,21,27H,18-20H2,1-4H3,(H,31,35)/t27-/m0/s1. The maximum absolute atomic E-state index is 14.0. The predicted octanol–water partition coefficient (Wildman–Crippen LogP) is 4.58. The van der Waals surface area contributed by atoms with Crippen LogP contribution in [0.15, 0.2) is 78.9 Å². The Morgan fingerprint density at radius 1 is 0.921 bits per heavy atom. The molecule has 2 amide bonds. The number of hydrogen-bond acceptors (Lipinski definition) is 4. The molecule has 3 aromatic carbocycles. The number of carbonyl (C=O) groups excluding carboxylic acids is 2. The van der Waals surface area contributed by atoms with Gasteiger partial charge in [0.25, 0.3) is 0 Å². The van der Waals surface area contributed by atoms with Gasteiger partial charge in [0.15, 0.2) is 0 Å². The molecule has 0 aliphatic carbocycles. The van der Waals surface area contributed by atoms with Crippen LogP contribution in [0.2, 0.25) is 5.02 Å². The Kier molecular flexibility index (Phi) is 9.94. The van der Waals surface area contributed by atoms with Crippen LogP contribution in [0.1, 0.15) is 30.5 Å². The van der Waals surface area contributed by atoms with Gasteiger partial charge in [-0.15, -0.1) is 0 Å². The molecule has 0 unspecified atom stereocenters. The van der Waals surface area contributed by atoms with Crippen molar-refractivity contribution in [3.8, 4) is 0 Å². The maximum Gasteiger partial charge on any atom is 0.244 e. The number of nitrogens with zero attached hydrogens (tertiary/aromatic N) is 2. The van der Waals surface area contributed by atoms with Crippen LogP contribution < -0.4 is 9.62 Å². The minimum atomic E-state index is -3.82. The topological polar surface area (TPSA) is 86.8 Å². The minimum absolute atomic E-state index is 0.141. The number of benzene rings is 3. The minimum Gasteiger partial charge on any atom is -0.352 e. The van der Waals surface area contributed by atoms with E-state index in [9.17, 15) is 18.0 Å². The van der Waals surface area contributed by atoms with Crippen LogP contribution in [0.5, 0.6) is 0 Å². The molecule has 0 fully saturated rings. The normalized spacial score (nSPS) is 12.2. The van der Waals surface area contributed by atoms with Crippen molar-refractivity contribution in [3.63, 3.8) is 0 Å². The number of nitrogens with one attached hydrogen (secondary N) is 1. The summed E-state index contributed by atoms with van der Waals surface area (Å²) in [5, 5.41) is 3.39. The first-order valence-electron chi connectivity index (χ1n) is 12.4. The van der Waals surface area contributed by atoms with E-state index in [1.807, 2.05) is 75.4 Å². The van der Waals surface area contributed by atoms with Crippen LogP contribution in [-0.2, 0) is 32.6 Å². The molecule has 38 heavy (non-hydrogen) atoms. The summed E-state index contributed by atoms with van der Waals surface area (Å²) in [5.41, 5.74) is 3.03. The van der Waals surface area contributed by atoms with Crippen molar-refractivity contribution < 1.29 is 18.0 Å². The van der Waals surface area contributed by atoms with Gasteiger partial charge in [0, 0.05) is 24.0 Å². The van der Waals surface area contributed by atoms with E-state index in [0.717, 1.165) is 27.3 Å². The van der Waals surface area contributed by atoms with E-state index >= 15 is 0 Å². The van der Waals surface area contributed by atoms with Gasteiger partial charge in [0.05, 0.1) is 11.9 Å². The van der Waals surface area contributed by atoms with Gasteiger partial charge in [-0.2, -0.15) is 0 Å². The highest BCUT2D eigenvalue weighted by atomic mass is 35.5. The van der Waals surface area contributed by atoms with Crippen molar-refractivity contribution in [2.24, 2.45) is 0 Å². The maximum atomic E-state index is 14.0. The Morgan fingerprint density at radius 2 is 1.53 bits per heavy atom. The lowest BCUT2D eigenvalue weighted by molar-refractivity contribution is -0.140. The average molecular weight is 556 g/mol. The Morgan fingerprint density at radius 3 is 2.11 bits per heavy atom. The second kappa shape index (κ2) is 12.9. The van der Waals surface area contributed by atoms with Gasteiger partial charge in [-0.3, -0.25) is 13.9 Å². The van der Waals surface area contributed by atoms with Crippen LogP contribution >= 0.6 is 11.6 Å². The van der Waals surface area contributed by atoms with E-state index in [0.29, 0.717) is 10.7 Å². The summed E-state index contributed by atoms with van der Waals surface area (Å²) >= 11 is 6.00. The van der Waals surface area contributed by atoms with Crippen LogP contribution in [0.25, 0.3) is 0 Å². The van der Waals surface area contributed by atoms with E-state index in [2.05, 4.69) is 5.32 Å². The molecular weight excluding hydrogens is 522 g/mol. The summed E-state index contributed by atoms with van der Waals surface area (Å²) < 4.78 is 26.6. The second-order valence-electron chi connectivity index (χ2n) is 9.56. The van der Waals surface area contributed by atoms with Crippen LogP contribution in [0.4, 0.5) is 5.69 Å². The van der Waals surface area contributed by atoms with Gasteiger partial charge in [-0.05, 0) is 61.7 Å². The molecule has 3 aromatic rings. The zero-order valence-corrected chi connectivity index (χ0v) is 23.7.